The van der Waals surface area contributed by atoms with Crippen molar-refractivity contribution in [2.24, 2.45) is 0 Å². The van der Waals surface area contributed by atoms with Gasteiger partial charge in [0.25, 0.3) is 0 Å². The second kappa shape index (κ2) is 8.00. The fourth-order valence-electron chi connectivity index (χ4n) is 4.21. The van der Waals surface area contributed by atoms with Crippen LogP contribution in [-0.2, 0) is 0 Å². The van der Waals surface area contributed by atoms with Crippen molar-refractivity contribution >= 4 is 82.1 Å². The molecule has 4 rings (SSSR count). The van der Waals surface area contributed by atoms with E-state index in [0.717, 1.165) is 0 Å². The van der Waals surface area contributed by atoms with Crippen LogP contribution in [0.5, 0.6) is 0 Å². The summed E-state index contributed by atoms with van der Waals surface area (Å²) in [6.07, 6.45) is 0. The standard InChI is InChI=1S/C24H24B4Si/c25-17-1-9-21(10-2-17)29(22-11-3-18(26)4-12-22,23-13-5-19(27)6-14-23)24-15-7-20(28)8-16-24/h1-16H,25-28H2. The molecule has 0 radical (unpaired) electrons. The average Bonchev–Trinajstić information content (AvgIpc) is 2.73. The third kappa shape index (κ3) is 3.67. The topological polar surface area (TPSA) is 0 Å². The van der Waals surface area contributed by atoms with Crippen LogP contribution in [0.4, 0.5) is 0 Å². The Balaban J connectivity index is 2.11. The first kappa shape index (κ1) is 19.7. The summed E-state index contributed by atoms with van der Waals surface area (Å²) >= 11 is 0. The Bertz CT molecular complexity index is 916. The fourth-order valence-corrected chi connectivity index (χ4v) is 8.88. The largest absolute Gasteiger partial charge is 0.179 e. The van der Waals surface area contributed by atoms with Gasteiger partial charge in [-0.15, -0.1) is 0 Å². The molecule has 0 amide bonds. The van der Waals surface area contributed by atoms with Crippen LogP contribution in [0.15, 0.2) is 97.1 Å². The highest BCUT2D eigenvalue weighted by atomic mass is 28.3. The normalized spacial score (nSPS) is 11.3. The zero-order valence-corrected chi connectivity index (χ0v) is 18.7. The minimum atomic E-state index is -2.39. The predicted octanol–water partition coefficient (Wildman–Crippen LogP) is -3.90. The Morgan fingerprint density at radius 3 is 0.655 bits per heavy atom. The molecule has 5 heteroatoms. The van der Waals surface area contributed by atoms with E-state index >= 15 is 0 Å². The smallest absolute Gasteiger partial charge is 0.0890 e. The average molecular weight is 384 g/mol. The maximum absolute atomic E-state index is 2.39. The Morgan fingerprint density at radius 2 is 0.483 bits per heavy atom. The minimum absolute atomic E-state index is 1.30. The molecule has 0 bridgehead atoms. The second-order valence-corrected chi connectivity index (χ2v) is 12.0. The maximum Gasteiger partial charge on any atom is 0.179 e. The second-order valence-electron chi connectivity index (χ2n) is 8.21. The molecule has 0 aliphatic carbocycles. The molecule has 4 aromatic carbocycles. The summed E-state index contributed by atoms with van der Waals surface area (Å²) < 4.78 is 0. The quantitative estimate of drug-likeness (QED) is 0.250. The highest BCUT2D eigenvalue weighted by molar-refractivity contribution is 7.20. The molecule has 0 nitrogen and oxygen atoms in total. The lowest BCUT2D eigenvalue weighted by Gasteiger charge is -2.35. The lowest BCUT2D eigenvalue weighted by atomic mass is 9.97. The molecule has 0 fully saturated rings. The lowest BCUT2D eigenvalue weighted by molar-refractivity contribution is 1.70. The molecule has 0 aliphatic heterocycles. The van der Waals surface area contributed by atoms with Crippen molar-refractivity contribution in [3.05, 3.63) is 97.1 Å². The first-order valence-electron chi connectivity index (χ1n) is 10.3. The SMILES string of the molecule is Bc1ccc([Si](c2ccc(B)cc2)(c2ccc(B)cc2)c2ccc(B)cc2)cc1. The van der Waals surface area contributed by atoms with Gasteiger partial charge in [0.05, 0.1) is 0 Å². The minimum Gasteiger partial charge on any atom is -0.0890 e. The van der Waals surface area contributed by atoms with Crippen molar-refractivity contribution in [3.8, 4) is 0 Å². The summed E-state index contributed by atoms with van der Waals surface area (Å²) in [7, 11) is 6.26. The van der Waals surface area contributed by atoms with Crippen LogP contribution in [0, 0.1) is 0 Å². The van der Waals surface area contributed by atoms with Crippen LogP contribution in [0.2, 0.25) is 0 Å². The van der Waals surface area contributed by atoms with Crippen molar-refractivity contribution in [1.82, 2.24) is 0 Å². The zero-order chi connectivity index (χ0) is 20.4. The molecule has 0 aromatic heterocycles. The van der Waals surface area contributed by atoms with Crippen molar-refractivity contribution < 1.29 is 0 Å². The summed E-state index contributed by atoms with van der Waals surface area (Å²) in [5.74, 6) is 0. The van der Waals surface area contributed by atoms with Gasteiger partial charge < -0.3 is 0 Å². The first-order chi connectivity index (χ1) is 14.0. The lowest BCUT2D eigenvalue weighted by Crippen LogP contribution is -2.75. The summed E-state index contributed by atoms with van der Waals surface area (Å²) in [6, 6.07) is 36.8. The molecular formula is C24H24B4Si. The summed E-state index contributed by atoms with van der Waals surface area (Å²) in [5, 5.41) is 5.72. The van der Waals surface area contributed by atoms with Gasteiger partial charge >= 0.3 is 0 Å². The number of rotatable bonds is 4. The summed E-state index contributed by atoms with van der Waals surface area (Å²) in [6.45, 7) is 0. The monoisotopic (exact) mass is 384 g/mol. The van der Waals surface area contributed by atoms with Gasteiger partial charge in [-0.2, -0.15) is 0 Å². The van der Waals surface area contributed by atoms with E-state index in [2.05, 4.69) is 128 Å². The Kier molecular flexibility index (Phi) is 5.43. The summed E-state index contributed by atoms with van der Waals surface area (Å²) in [5.41, 5.74) is 5.20. The predicted molar refractivity (Wildman–Crippen MR) is 143 cm³/mol. The molecule has 0 saturated carbocycles. The molecule has 29 heavy (non-hydrogen) atoms. The van der Waals surface area contributed by atoms with Gasteiger partial charge in [-0.1, -0.05) is 119 Å². The summed E-state index contributed by atoms with van der Waals surface area (Å²) in [4.78, 5) is 0. The molecule has 0 N–H and O–H groups in total. The third-order valence-corrected chi connectivity index (χ3v) is 10.7. The van der Waals surface area contributed by atoms with Gasteiger partial charge in [0.1, 0.15) is 31.4 Å². The molecule has 0 heterocycles. The van der Waals surface area contributed by atoms with Crippen LogP contribution in [0.1, 0.15) is 0 Å². The van der Waals surface area contributed by atoms with Crippen molar-refractivity contribution in [2.45, 2.75) is 0 Å². The highest BCUT2D eigenvalue weighted by Crippen LogP contribution is 2.08. The Morgan fingerprint density at radius 1 is 0.310 bits per heavy atom. The van der Waals surface area contributed by atoms with Gasteiger partial charge in [0, 0.05) is 0 Å². The van der Waals surface area contributed by atoms with Gasteiger partial charge in [0.15, 0.2) is 8.07 Å². The maximum atomic E-state index is 2.35. The molecule has 0 unspecified atom stereocenters. The van der Waals surface area contributed by atoms with Crippen LogP contribution in [0.25, 0.3) is 0 Å². The van der Waals surface area contributed by atoms with E-state index in [-0.39, 0.29) is 0 Å². The van der Waals surface area contributed by atoms with E-state index in [0.29, 0.717) is 0 Å². The van der Waals surface area contributed by atoms with Crippen LogP contribution >= 0.6 is 0 Å². The van der Waals surface area contributed by atoms with E-state index in [1.54, 1.807) is 0 Å². The van der Waals surface area contributed by atoms with Crippen LogP contribution in [0.3, 0.4) is 0 Å². The number of benzene rings is 4. The van der Waals surface area contributed by atoms with Gasteiger partial charge in [-0.3, -0.25) is 0 Å². The highest BCUT2D eigenvalue weighted by Gasteiger charge is 2.41. The number of hydrogen-bond donors (Lipinski definition) is 0. The molecule has 0 spiro atoms. The van der Waals surface area contributed by atoms with E-state index in [1.165, 1.54) is 42.6 Å². The van der Waals surface area contributed by atoms with Gasteiger partial charge in [-0.05, 0) is 20.7 Å². The molecule has 136 valence electrons. The molecule has 0 saturated heterocycles. The van der Waals surface area contributed by atoms with E-state index in [1.807, 2.05) is 0 Å². The van der Waals surface area contributed by atoms with Crippen molar-refractivity contribution in [1.29, 1.82) is 0 Å². The Hall–Kier alpha value is -2.64. The van der Waals surface area contributed by atoms with Gasteiger partial charge in [0.2, 0.25) is 0 Å². The van der Waals surface area contributed by atoms with E-state index in [9.17, 15) is 0 Å². The number of hydrogen-bond acceptors (Lipinski definition) is 0. The fraction of sp³-hybridized carbons (Fsp3) is 0. The molecule has 4 aromatic rings. The van der Waals surface area contributed by atoms with Gasteiger partial charge in [-0.25, -0.2) is 0 Å². The molecule has 0 atom stereocenters. The van der Waals surface area contributed by atoms with Crippen LogP contribution < -0.4 is 42.6 Å². The van der Waals surface area contributed by atoms with E-state index in [4.69, 9.17) is 0 Å². The Labute approximate surface area is 179 Å². The zero-order valence-electron chi connectivity index (χ0n) is 17.7. The molecular weight excluding hydrogens is 360 g/mol. The van der Waals surface area contributed by atoms with Crippen molar-refractivity contribution in [2.75, 3.05) is 0 Å². The van der Waals surface area contributed by atoms with E-state index < -0.39 is 8.07 Å². The first-order valence-corrected chi connectivity index (χ1v) is 12.3. The van der Waals surface area contributed by atoms with Crippen LogP contribution in [-0.4, -0.2) is 39.5 Å². The van der Waals surface area contributed by atoms with Crippen molar-refractivity contribution in [3.63, 3.8) is 0 Å². The third-order valence-electron chi connectivity index (χ3n) is 5.94. The molecule has 0 aliphatic rings.